The van der Waals surface area contributed by atoms with Gasteiger partial charge in [-0.1, -0.05) is 27.2 Å². The van der Waals surface area contributed by atoms with Crippen molar-refractivity contribution in [1.29, 1.82) is 0 Å². The van der Waals surface area contributed by atoms with Crippen LogP contribution in [0.2, 0.25) is 0 Å². The normalized spacial score (nSPS) is 21.0. The Hall–Kier alpha value is -1.85. The van der Waals surface area contributed by atoms with Crippen LogP contribution in [0.25, 0.3) is 0 Å². The van der Waals surface area contributed by atoms with Gasteiger partial charge in [0.1, 0.15) is 5.67 Å². The van der Waals surface area contributed by atoms with E-state index in [1.54, 1.807) is 20.8 Å². The highest BCUT2D eigenvalue weighted by Gasteiger charge is 2.33. The van der Waals surface area contributed by atoms with Crippen LogP contribution in [-0.4, -0.2) is 398 Å². The Morgan fingerprint density at radius 1 is 0.388 bits per heavy atom. The molecule has 9 fully saturated rings. The highest BCUT2D eigenvalue weighted by molar-refractivity contribution is 5.73. The van der Waals surface area contributed by atoms with Gasteiger partial charge in [0.2, 0.25) is 11.8 Å². The number of rotatable bonds is 33. The van der Waals surface area contributed by atoms with E-state index in [1.807, 2.05) is 23.6 Å². The summed E-state index contributed by atoms with van der Waals surface area (Å²) in [7, 11) is 2.18. The van der Waals surface area contributed by atoms with Gasteiger partial charge in [-0.3, -0.25) is 34.1 Å². The van der Waals surface area contributed by atoms with Crippen LogP contribution in [0.4, 0.5) is 4.39 Å². The molecule has 1 aliphatic carbocycles. The fourth-order valence-electron chi connectivity index (χ4n) is 15.1. The standard InChI is InChI=1S/C13H25NO.C13H27NO.C12H24N2O2.C12H26N2O.C11H22FNO.C11H23NO.C10H22N2O.C8H16N2O2.C3H8/c1-11(2)15-10-7-12-5-8-14(9-6-12)13-3-4-13;1-11(2)14-8-5-13(6-9-14)7-10-15-12(3)4;1-10(2)16-11(3)9-13-5-7-14(8-6-13)12(4)15;1-11(2)14-7-5-13(6-8-14)9-10-15-12(3)4;1-10(2)14-9-8-13-6-4-11(3,12)5-7-13;2*1-10(2)13-9-8-12-6-4-11(3)5-7-12;1-8(12)10-4-2-9(3-5-10)6-7-11;1-3-2/h11-13H,3-10H2,1-2H3;11-13H,5-10H2,1-4H3;10-11H,5-9H2,1-4H3;11-12H,5-10H2,1-4H3;10H,4-9H2,1-3H3;10-11H,4-9H2,1-3H3;10H,4-9H2,1-3H3;11H,2-7H2,1H3;3H2,1-2H3. The summed E-state index contributed by atoms with van der Waals surface area (Å²) in [5.74, 6) is 3.10. The zero-order chi connectivity index (χ0) is 87.0. The van der Waals surface area contributed by atoms with E-state index >= 15 is 0 Å². The second kappa shape index (κ2) is 67.5. The fraction of sp³-hybridized carbons (Fsp3) is 0.978. The number of carbonyl (C=O) groups is 2. The molecule has 1 saturated carbocycles. The van der Waals surface area contributed by atoms with Crippen LogP contribution in [0.1, 0.15) is 257 Å². The van der Waals surface area contributed by atoms with Gasteiger partial charge < -0.3 is 72.6 Å². The Balaban J connectivity index is 0.000000660. The molecule has 0 aromatic heterocycles. The number of β-amino-alcohol motifs (C(OH)–C–C–N with tert-alkyl or cyclic N) is 1. The molecule has 9 rings (SSSR count). The molecule has 0 aromatic carbocycles. The smallest absolute Gasteiger partial charge is 0.219 e. The molecule has 8 heterocycles. The zero-order valence-electron chi connectivity index (χ0n) is 80.8. The van der Waals surface area contributed by atoms with E-state index in [9.17, 15) is 14.0 Å². The molecule has 8 saturated heterocycles. The summed E-state index contributed by atoms with van der Waals surface area (Å²) in [6.45, 7) is 89.6. The highest BCUT2D eigenvalue weighted by atomic mass is 19.1. The summed E-state index contributed by atoms with van der Waals surface area (Å²) in [6, 6.07) is 2.38. The van der Waals surface area contributed by atoms with Gasteiger partial charge in [0.25, 0.3) is 0 Å². The highest BCUT2D eigenvalue weighted by Crippen LogP contribution is 2.32. The molecule has 22 nitrogen and oxygen atoms in total. The maximum Gasteiger partial charge on any atom is 0.219 e. The first-order valence-corrected chi connectivity index (χ1v) is 47.3. The summed E-state index contributed by atoms with van der Waals surface area (Å²) in [5, 5.41) is 8.67. The summed E-state index contributed by atoms with van der Waals surface area (Å²) < 4.78 is 52.4. The lowest BCUT2D eigenvalue weighted by atomic mass is 9.93. The number of carbonyl (C=O) groups excluding carboxylic acids is 2. The largest absolute Gasteiger partial charge is 0.395 e. The fourth-order valence-corrected chi connectivity index (χ4v) is 15.1. The number of hydrogen-bond donors (Lipinski definition) is 1. The number of nitrogens with zero attached hydrogens (tertiary/aromatic N) is 12. The molecular weight excluding hydrogens is 1460 g/mol. The molecule has 1 N–H and O–H groups in total. The number of amides is 2. The van der Waals surface area contributed by atoms with E-state index in [0.29, 0.717) is 55.5 Å². The minimum absolute atomic E-state index is 0.152. The van der Waals surface area contributed by atoms with E-state index in [0.717, 1.165) is 174 Å². The zero-order valence-corrected chi connectivity index (χ0v) is 80.8. The van der Waals surface area contributed by atoms with Crippen molar-refractivity contribution >= 4 is 11.8 Å². The maximum atomic E-state index is 13.4. The summed E-state index contributed by atoms with van der Waals surface area (Å²) in [4.78, 5) is 50.3. The maximum absolute atomic E-state index is 13.4. The molecule has 0 aromatic rings. The lowest BCUT2D eigenvalue weighted by Gasteiger charge is -2.36. The van der Waals surface area contributed by atoms with Crippen molar-refractivity contribution in [3.05, 3.63) is 0 Å². The molecule has 8 aliphatic heterocycles. The number of aliphatic hydroxyl groups is 1. The molecule has 116 heavy (non-hydrogen) atoms. The molecule has 692 valence electrons. The van der Waals surface area contributed by atoms with Crippen LogP contribution < -0.4 is 0 Å². The van der Waals surface area contributed by atoms with Gasteiger partial charge in [0.05, 0.1) is 81.9 Å². The average molecular weight is 1660 g/mol. The van der Waals surface area contributed by atoms with Crippen molar-refractivity contribution in [2.45, 2.75) is 329 Å². The summed E-state index contributed by atoms with van der Waals surface area (Å²) in [6.07, 6.45) is 19.0. The number of halogens is 1. The summed E-state index contributed by atoms with van der Waals surface area (Å²) >= 11 is 0. The van der Waals surface area contributed by atoms with Crippen molar-refractivity contribution in [3.63, 3.8) is 0 Å². The van der Waals surface area contributed by atoms with Gasteiger partial charge in [-0.05, 0) is 280 Å². The second-order valence-electron chi connectivity index (χ2n) is 37.4. The number of alkyl halides is 1. The Morgan fingerprint density at radius 2 is 0.698 bits per heavy atom. The van der Waals surface area contributed by atoms with E-state index in [4.69, 9.17) is 38.3 Å². The monoisotopic (exact) mass is 1660 g/mol. The minimum Gasteiger partial charge on any atom is -0.395 e. The van der Waals surface area contributed by atoms with Gasteiger partial charge in [0.15, 0.2) is 0 Å². The SMILES string of the molecule is CC(=O)N1CCN(CC(C)OC(C)C)CC1.CC(=O)N1CCN(CCO)CC1.CC(C)OCCC1CCN(C(C)C)CC1.CC(C)OCCC1CCN(C2CC2)CC1.CC(C)OCCN1CCC(C)(F)CC1.CC(C)OCCN1CCN(C(C)C)CC1.CC(C)OCCN1CCN(C)CC1.CC1CCN(CCOC(C)C)CC1.CCC. The topological polar surface area (TPSA) is 158 Å². The van der Waals surface area contributed by atoms with Crippen LogP contribution in [-0.2, 0) is 42.7 Å². The molecular formula is C93H193FN12O10. The van der Waals surface area contributed by atoms with Crippen molar-refractivity contribution in [2.75, 3.05) is 250 Å². The number of likely N-dealkylation sites (N-methyl/N-ethyl adjacent to an activating group) is 1. The predicted molar refractivity (Wildman–Crippen MR) is 486 cm³/mol. The Morgan fingerprint density at radius 3 is 1.03 bits per heavy atom. The van der Waals surface area contributed by atoms with Gasteiger partial charge in [-0.15, -0.1) is 0 Å². The Bertz CT molecular complexity index is 2110. The van der Waals surface area contributed by atoms with E-state index in [-0.39, 0.29) is 30.6 Å². The summed E-state index contributed by atoms with van der Waals surface area (Å²) in [5.41, 5.74) is -0.935. The second-order valence-corrected chi connectivity index (χ2v) is 37.4. The average Bonchev–Trinajstić information content (AvgIpc) is 1.73. The molecule has 1 atom stereocenters. The number of likely N-dealkylation sites (tertiary alicyclic amines) is 4. The van der Waals surface area contributed by atoms with Crippen LogP contribution in [0.3, 0.4) is 0 Å². The third-order valence-electron chi connectivity index (χ3n) is 23.1. The van der Waals surface area contributed by atoms with E-state index < -0.39 is 5.67 Å². The van der Waals surface area contributed by atoms with Crippen molar-refractivity contribution in [1.82, 2.24) is 58.8 Å². The van der Waals surface area contributed by atoms with Crippen molar-refractivity contribution in [2.24, 2.45) is 17.8 Å². The number of piperidine rings is 4. The number of aliphatic hydroxyl groups excluding tert-OH is 1. The first kappa shape index (κ1) is 112. The first-order valence-electron chi connectivity index (χ1n) is 47.3. The van der Waals surface area contributed by atoms with Gasteiger partial charge in [0, 0.05) is 202 Å². The van der Waals surface area contributed by atoms with E-state index in [1.165, 1.54) is 162 Å². The third kappa shape index (κ3) is 61.5. The van der Waals surface area contributed by atoms with Gasteiger partial charge in [-0.25, -0.2) is 4.39 Å². The quantitative estimate of drug-likeness (QED) is 0.0661. The number of hydrogen-bond acceptors (Lipinski definition) is 20. The Kier molecular flexibility index (Phi) is 65.3. The molecule has 0 spiro atoms. The van der Waals surface area contributed by atoms with Gasteiger partial charge in [-0.2, -0.15) is 0 Å². The number of ether oxygens (including phenoxy) is 7. The Labute approximate surface area is 716 Å². The van der Waals surface area contributed by atoms with Crippen LogP contribution >= 0.6 is 0 Å². The molecule has 9 aliphatic rings. The molecule has 1 unspecified atom stereocenters. The molecule has 2 amide bonds. The van der Waals surface area contributed by atoms with Crippen molar-refractivity contribution in [3.8, 4) is 0 Å². The lowest BCUT2D eigenvalue weighted by molar-refractivity contribution is -0.131. The van der Waals surface area contributed by atoms with Crippen LogP contribution in [0, 0.1) is 17.8 Å². The lowest BCUT2D eigenvalue weighted by Crippen LogP contribution is -2.49. The predicted octanol–water partition coefficient (Wildman–Crippen LogP) is 13.6. The molecule has 0 bridgehead atoms. The van der Waals surface area contributed by atoms with Crippen LogP contribution in [0.15, 0.2) is 0 Å². The molecule has 0 radical (unpaired) electrons. The van der Waals surface area contributed by atoms with Crippen LogP contribution in [0.5, 0.6) is 0 Å². The number of piperazine rings is 4. The molecule has 23 heteroatoms. The van der Waals surface area contributed by atoms with Gasteiger partial charge >= 0.3 is 0 Å². The minimum atomic E-state index is -0.935. The third-order valence-corrected chi connectivity index (χ3v) is 23.1. The van der Waals surface area contributed by atoms with Crippen molar-refractivity contribution < 1.29 is 52.2 Å². The van der Waals surface area contributed by atoms with E-state index in [2.05, 4.69) is 195 Å². The first-order chi connectivity index (χ1) is 54.9.